The highest BCUT2D eigenvalue weighted by Crippen LogP contribution is 2.31. The summed E-state index contributed by atoms with van der Waals surface area (Å²) in [6, 6.07) is 16.5. The number of aromatic nitrogens is 2. The fourth-order valence-electron chi connectivity index (χ4n) is 2.59. The lowest BCUT2D eigenvalue weighted by Crippen LogP contribution is -2.09. The molecule has 1 saturated heterocycles. The van der Waals surface area contributed by atoms with Crippen molar-refractivity contribution in [3.8, 4) is 11.4 Å². The molecule has 1 aliphatic rings. The number of sulfone groups is 1. The van der Waals surface area contributed by atoms with Crippen LogP contribution in [0.25, 0.3) is 11.4 Å². The van der Waals surface area contributed by atoms with E-state index in [9.17, 15) is 8.42 Å². The summed E-state index contributed by atoms with van der Waals surface area (Å²) in [5.41, 5.74) is 1.93. The van der Waals surface area contributed by atoms with Crippen LogP contribution in [0.1, 0.15) is 5.56 Å². The molecule has 1 fully saturated rings. The summed E-state index contributed by atoms with van der Waals surface area (Å²) in [7, 11) is -3.65. The van der Waals surface area contributed by atoms with Crippen LogP contribution in [-0.4, -0.2) is 31.9 Å². The molecule has 1 aliphatic heterocycles. The number of ether oxygens (including phenoxy) is 1. The molecule has 0 aliphatic carbocycles. The fourth-order valence-corrected chi connectivity index (χ4v) is 5.26. The molecule has 2 N–H and O–H groups in total. The Labute approximate surface area is 156 Å². The van der Waals surface area contributed by atoms with Crippen molar-refractivity contribution in [1.29, 1.82) is 0 Å². The quantitative estimate of drug-likeness (QED) is 0.521. The normalized spacial score (nSPS) is 16.6. The van der Waals surface area contributed by atoms with E-state index in [1.165, 1.54) is 11.8 Å². The molecule has 3 aromatic rings. The number of H-pyrrole nitrogens is 2. The van der Waals surface area contributed by atoms with Crippen LogP contribution in [0, 0.1) is 6.92 Å². The third kappa shape index (κ3) is 3.56. The van der Waals surface area contributed by atoms with Gasteiger partial charge in [-0.2, -0.15) is 0 Å². The Morgan fingerprint density at radius 2 is 1.85 bits per heavy atom. The molecule has 0 bridgehead atoms. The van der Waals surface area contributed by atoms with E-state index in [-0.39, 0.29) is 16.0 Å². The summed E-state index contributed by atoms with van der Waals surface area (Å²) >= 11 is 1.47. The Morgan fingerprint density at radius 1 is 1.15 bits per heavy atom. The van der Waals surface area contributed by atoms with Crippen LogP contribution in [0.2, 0.25) is 0 Å². The smallest absolute Gasteiger partial charge is 0.286 e. The van der Waals surface area contributed by atoms with Gasteiger partial charge in [-0.3, -0.25) is 0 Å². The molecule has 4 rings (SSSR count). The number of aromatic amines is 2. The lowest BCUT2D eigenvalue weighted by atomic mass is 10.2. The zero-order valence-corrected chi connectivity index (χ0v) is 15.9. The highest BCUT2D eigenvalue weighted by Gasteiger charge is 2.33. The minimum absolute atomic E-state index is 0.200. The molecule has 1 unspecified atom stereocenters. The van der Waals surface area contributed by atoms with Crippen LogP contribution < -0.4 is 4.98 Å². The predicted molar refractivity (Wildman–Crippen MR) is 99.9 cm³/mol. The van der Waals surface area contributed by atoms with Gasteiger partial charge in [0, 0.05) is 5.75 Å². The van der Waals surface area contributed by atoms with E-state index in [2.05, 4.69) is 9.97 Å². The maximum absolute atomic E-state index is 13.2. The summed E-state index contributed by atoms with van der Waals surface area (Å²) in [4.78, 5) is 6.61. The maximum Gasteiger partial charge on any atom is 0.286 e. The van der Waals surface area contributed by atoms with Crippen LogP contribution in [0.5, 0.6) is 0 Å². The average molecular weight is 388 g/mol. The van der Waals surface area contributed by atoms with Crippen molar-refractivity contribution in [3.63, 3.8) is 0 Å². The van der Waals surface area contributed by atoms with Gasteiger partial charge in [0.15, 0.2) is 0 Å². The zero-order chi connectivity index (χ0) is 18.1. The molecule has 26 heavy (non-hydrogen) atoms. The third-order valence-electron chi connectivity index (χ3n) is 4.16. The number of rotatable bonds is 6. The highest BCUT2D eigenvalue weighted by atomic mass is 32.2. The van der Waals surface area contributed by atoms with Gasteiger partial charge in [0.25, 0.3) is 10.9 Å². The number of thioether (sulfide) groups is 1. The van der Waals surface area contributed by atoms with Crippen molar-refractivity contribution in [2.75, 3.05) is 12.4 Å². The van der Waals surface area contributed by atoms with Crippen molar-refractivity contribution in [1.82, 2.24) is 4.98 Å². The summed E-state index contributed by atoms with van der Waals surface area (Å²) in [5, 5.41) is 0.811. The Bertz CT molecular complexity index is 1010. The summed E-state index contributed by atoms with van der Waals surface area (Å²) in [6.07, 6.45) is 0.207. The van der Waals surface area contributed by atoms with Crippen molar-refractivity contribution in [3.05, 3.63) is 60.2 Å². The lowest BCUT2D eigenvalue weighted by Gasteiger charge is -2.02. The second-order valence-corrected chi connectivity index (χ2v) is 9.15. The zero-order valence-electron chi connectivity index (χ0n) is 14.2. The predicted octanol–water partition coefficient (Wildman–Crippen LogP) is 3.13. The Balaban J connectivity index is 1.77. The molecule has 7 heteroatoms. The SMILES string of the molecule is Cc1ccc(S(=O)(=O)c2[nH]c(-c3ccccc3)[nH+]c2SCC2CO2)cc1. The number of hydrogen-bond acceptors (Lipinski definition) is 4. The molecule has 5 nitrogen and oxygen atoms in total. The number of nitrogens with one attached hydrogen (secondary N) is 2. The molecule has 2 aromatic carbocycles. The Morgan fingerprint density at radius 3 is 2.50 bits per heavy atom. The van der Waals surface area contributed by atoms with Crippen molar-refractivity contribution >= 4 is 21.6 Å². The minimum atomic E-state index is -3.65. The molecule has 0 amide bonds. The summed E-state index contributed by atoms with van der Waals surface area (Å²) in [5.74, 6) is 1.40. The van der Waals surface area contributed by atoms with Crippen molar-refractivity contribution < 1.29 is 18.1 Å². The molecular weight excluding hydrogens is 368 g/mol. The van der Waals surface area contributed by atoms with Crippen LogP contribution in [0.4, 0.5) is 0 Å². The van der Waals surface area contributed by atoms with E-state index < -0.39 is 9.84 Å². The van der Waals surface area contributed by atoms with Gasteiger partial charge < -0.3 is 4.74 Å². The first-order chi connectivity index (χ1) is 12.5. The van der Waals surface area contributed by atoms with Gasteiger partial charge in [0.05, 0.1) is 23.2 Å². The summed E-state index contributed by atoms with van der Waals surface area (Å²) in [6.45, 7) is 2.67. The van der Waals surface area contributed by atoms with Gasteiger partial charge in [0.2, 0.25) is 14.9 Å². The molecule has 1 atom stereocenters. The molecule has 0 saturated carbocycles. The van der Waals surface area contributed by atoms with Gasteiger partial charge in [-0.15, -0.1) is 0 Å². The van der Waals surface area contributed by atoms with Crippen LogP contribution in [0.3, 0.4) is 0 Å². The Kier molecular flexibility index (Phi) is 4.60. The molecule has 2 heterocycles. The second-order valence-electron chi connectivity index (χ2n) is 6.23. The Hall–Kier alpha value is -2.09. The van der Waals surface area contributed by atoms with E-state index in [4.69, 9.17) is 4.74 Å². The first-order valence-corrected chi connectivity index (χ1v) is 10.8. The fraction of sp³-hybridized carbons (Fsp3) is 0.211. The van der Waals surface area contributed by atoms with Gasteiger partial charge in [-0.05, 0) is 31.2 Å². The van der Waals surface area contributed by atoms with E-state index in [1.54, 1.807) is 12.1 Å². The van der Waals surface area contributed by atoms with E-state index in [1.807, 2.05) is 49.4 Å². The maximum atomic E-state index is 13.2. The summed E-state index contributed by atoms with van der Waals surface area (Å²) < 4.78 is 31.6. The molecule has 0 radical (unpaired) electrons. The van der Waals surface area contributed by atoms with E-state index in [0.717, 1.165) is 23.5 Å². The number of benzene rings is 2. The van der Waals surface area contributed by atoms with Gasteiger partial charge >= 0.3 is 0 Å². The lowest BCUT2D eigenvalue weighted by molar-refractivity contribution is -0.412. The van der Waals surface area contributed by atoms with E-state index >= 15 is 0 Å². The third-order valence-corrected chi connectivity index (χ3v) is 7.16. The van der Waals surface area contributed by atoms with Crippen molar-refractivity contribution in [2.45, 2.75) is 28.0 Å². The van der Waals surface area contributed by atoms with Crippen LogP contribution >= 0.6 is 11.8 Å². The molecule has 0 spiro atoms. The standard InChI is InChI=1S/C19H18N2O3S2/c1-13-7-9-16(10-8-13)26(22,23)19-18(25-12-15-11-24-15)20-17(21-19)14-5-3-2-4-6-14/h2-10,15H,11-12H2,1H3,(H,20,21)/p+1. The average Bonchev–Trinajstić information content (AvgIpc) is 3.38. The molecule has 134 valence electrons. The monoisotopic (exact) mass is 387 g/mol. The molecule has 1 aromatic heterocycles. The number of aryl methyl sites for hydroxylation is 1. The van der Waals surface area contributed by atoms with Crippen LogP contribution in [-0.2, 0) is 14.6 Å². The highest BCUT2D eigenvalue weighted by molar-refractivity contribution is 8.00. The second kappa shape index (κ2) is 6.90. The minimum Gasteiger partial charge on any atom is -0.372 e. The first-order valence-electron chi connectivity index (χ1n) is 8.31. The van der Waals surface area contributed by atoms with Crippen LogP contribution in [0.15, 0.2) is 69.5 Å². The van der Waals surface area contributed by atoms with E-state index in [0.29, 0.717) is 10.9 Å². The number of imidazole rings is 1. The molecular formula is C19H19N2O3S2+. The number of epoxide rings is 1. The van der Waals surface area contributed by atoms with Crippen molar-refractivity contribution in [2.24, 2.45) is 0 Å². The first kappa shape index (κ1) is 17.3. The topological polar surface area (TPSA) is 76.6 Å². The van der Waals surface area contributed by atoms with Gasteiger partial charge in [0.1, 0.15) is 0 Å². The van der Waals surface area contributed by atoms with Gasteiger partial charge in [-0.1, -0.05) is 47.7 Å². The van der Waals surface area contributed by atoms with Gasteiger partial charge in [-0.25, -0.2) is 18.4 Å². The number of hydrogen-bond donors (Lipinski definition) is 1. The largest absolute Gasteiger partial charge is 0.372 e.